The SMILES string of the molecule is COC(=O)c1cc2c(cc1NC(=O)c1cc3cccc(OC)c3oc1=O)OCCO2. The van der Waals surface area contributed by atoms with Gasteiger partial charge in [-0.1, -0.05) is 12.1 Å². The number of hydrogen-bond acceptors (Lipinski definition) is 8. The molecule has 0 fully saturated rings. The first-order chi connectivity index (χ1) is 14.5. The van der Waals surface area contributed by atoms with Gasteiger partial charge >= 0.3 is 11.6 Å². The second-order valence-corrected chi connectivity index (χ2v) is 6.31. The lowest BCUT2D eigenvalue weighted by Crippen LogP contribution is -2.23. The van der Waals surface area contributed by atoms with Crippen LogP contribution in [-0.2, 0) is 4.74 Å². The lowest BCUT2D eigenvalue weighted by molar-refractivity contribution is 0.0601. The Labute approximate surface area is 170 Å². The van der Waals surface area contributed by atoms with Crippen molar-refractivity contribution in [3.63, 3.8) is 0 Å². The van der Waals surface area contributed by atoms with Crippen LogP contribution in [0.2, 0.25) is 0 Å². The number of esters is 1. The van der Waals surface area contributed by atoms with Gasteiger partial charge in [0.15, 0.2) is 22.8 Å². The van der Waals surface area contributed by atoms with Crippen molar-refractivity contribution >= 4 is 28.5 Å². The summed E-state index contributed by atoms with van der Waals surface area (Å²) in [5.41, 5.74) is -0.678. The fourth-order valence-electron chi connectivity index (χ4n) is 3.10. The highest BCUT2D eigenvalue weighted by atomic mass is 16.6. The number of nitrogens with one attached hydrogen (secondary N) is 1. The van der Waals surface area contributed by atoms with Crippen LogP contribution in [0.15, 0.2) is 45.6 Å². The standard InChI is InChI=1S/C21H17NO8/c1-26-15-5-3-4-11-8-13(21(25)30-18(11)15)19(23)22-14-10-17-16(28-6-7-29-17)9-12(14)20(24)27-2/h3-5,8-10H,6-7H2,1-2H3,(H,22,23). The van der Waals surface area contributed by atoms with Crippen molar-refractivity contribution in [2.75, 3.05) is 32.8 Å². The van der Waals surface area contributed by atoms with Gasteiger partial charge in [-0.25, -0.2) is 9.59 Å². The highest BCUT2D eigenvalue weighted by molar-refractivity contribution is 6.09. The third-order valence-electron chi connectivity index (χ3n) is 4.52. The van der Waals surface area contributed by atoms with Crippen molar-refractivity contribution in [2.24, 2.45) is 0 Å². The number of anilines is 1. The maximum absolute atomic E-state index is 12.8. The van der Waals surface area contributed by atoms with Crippen LogP contribution < -0.4 is 25.2 Å². The molecule has 0 radical (unpaired) electrons. The summed E-state index contributed by atoms with van der Waals surface area (Å²) in [6.45, 7) is 0.662. The normalized spacial score (nSPS) is 12.3. The van der Waals surface area contributed by atoms with E-state index in [4.69, 9.17) is 23.4 Å². The number of carbonyl (C=O) groups is 2. The number of ether oxygens (including phenoxy) is 4. The van der Waals surface area contributed by atoms with E-state index in [1.165, 1.54) is 32.4 Å². The number of rotatable bonds is 4. The summed E-state index contributed by atoms with van der Waals surface area (Å²) >= 11 is 0. The molecule has 0 bridgehead atoms. The van der Waals surface area contributed by atoms with Gasteiger partial charge in [-0.3, -0.25) is 4.79 Å². The van der Waals surface area contributed by atoms with Gasteiger partial charge in [0.2, 0.25) is 0 Å². The van der Waals surface area contributed by atoms with E-state index in [1.54, 1.807) is 18.2 Å². The number of fused-ring (bicyclic) bond motifs is 2. The first kappa shape index (κ1) is 19.3. The van der Waals surface area contributed by atoms with Crippen LogP contribution >= 0.6 is 0 Å². The van der Waals surface area contributed by atoms with E-state index in [0.29, 0.717) is 35.8 Å². The average Bonchev–Trinajstić information content (AvgIpc) is 2.77. The Hall–Kier alpha value is -4.01. The molecule has 2 aromatic carbocycles. The Kier molecular flexibility index (Phi) is 5.01. The predicted molar refractivity (Wildman–Crippen MR) is 106 cm³/mol. The van der Waals surface area contributed by atoms with E-state index < -0.39 is 17.5 Å². The molecule has 0 unspecified atom stereocenters. The Bertz CT molecular complexity index is 1210. The minimum Gasteiger partial charge on any atom is -0.493 e. The molecule has 9 nitrogen and oxygen atoms in total. The molecule has 1 N–H and O–H groups in total. The number of para-hydroxylation sites is 1. The third kappa shape index (κ3) is 3.41. The quantitative estimate of drug-likeness (QED) is 0.515. The Morgan fingerprint density at radius 2 is 1.73 bits per heavy atom. The van der Waals surface area contributed by atoms with Crippen molar-refractivity contribution in [3.05, 3.63) is 57.9 Å². The lowest BCUT2D eigenvalue weighted by atomic mass is 10.1. The van der Waals surface area contributed by atoms with Crippen molar-refractivity contribution in [1.82, 2.24) is 0 Å². The monoisotopic (exact) mass is 411 g/mol. The Morgan fingerprint density at radius 1 is 1.00 bits per heavy atom. The van der Waals surface area contributed by atoms with Crippen molar-refractivity contribution in [2.45, 2.75) is 0 Å². The van der Waals surface area contributed by atoms with E-state index in [1.807, 2.05) is 0 Å². The molecule has 30 heavy (non-hydrogen) atoms. The number of hydrogen-bond donors (Lipinski definition) is 1. The fraction of sp³-hybridized carbons (Fsp3) is 0.190. The largest absolute Gasteiger partial charge is 0.493 e. The van der Waals surface area contributed by atoms with Crippen LogP contribution in [0.1, 0.15) is 20.7 Å². The molecule has 3 aromatic rings. The zero-order chi connectivity index (χ0) is 21.3. The smallest absolute Gasteiger partial charge is 0.349 e. The molecule has 2 heterocycles. The molecule has 0 atom stereocenters. The molecule has 1 amide bonds. The van der Waals surface area contributed by atoms with Gasteiger partial charge in [0, 0.05) is 17.5 Å². The highest BCUT2D eigenvalue weighted by Gasteiger charge is 2.23. The van der Waals surface area contributed by atoms with Gasteiger partial charge in [-0.2, -0.15) is 0 Å². The van der Waals surface area contributed by atoms with Crippen LogP contribution in [0.3, 0.4) is 0 Å². The van der Waals surface area contributed by atoms with E-state index >= 15 is 0 Å². The molecule has 0 saturated heterocycles. The summed E-state index contributed by atoms with van der Waals surface area (Å²) in [5.74, 6) is -0.347. The minimum atomic E-state index is -0.846. The van der Waals surface area contributed by atoms with E-state index in [9.17, 15) is 14.4 Å². The maximum Gasteiger partial charge on any atom is 0.349 e. The summed E-state index contributed by atoms with van der Waals surface area (Å²) in [7, 11) is 2.67. The second kappa shape index (κ2) is 7.78. The first-order valence-electron chi connectivity index (χ1n) is 8.96. The van der Waals surface area contributed by atoms with E-state index in [-0.39, 0.29) is 22.4 Å². The third-order valence-corrected chi connectivity index (χ3v) is 4.52. The van der Waals surface area contributed by atoms with Gasteiger partial charge in [-0.05, 0) is 12.1 Å². The molecule has 1 aliphatic rings. The summed E-state index contributed by atoms with van der Waals surface area (Å²) in [4.78, 5) is 37.4. The molecule has 1 aliphatic heterocycles. The molecule has 0 saturated carbocycles. The van der Waals surface area contributed by atoms with Crippen molar-refractivity contribution in [1.29, 1.82) is 0 Å². The molecule has 4 rings (SSSR count). The van der Waals surface area contributed by atoms with E-state index in [2.05, 4.69) is 5.32 Å². The molecule has 154 valence electrons. The summed E-state index contributed by atoms with van der Waals surface area (Å²) < 4.78 is 26.2. The van der Waals surface area contributed by atoms with Gasteiger partial charge in [0.05, 0.1) is 25.5 Å². The fourth-order valence-corrected chi connectivity index (χ4v) is 3.10. The first-order valence-corrected chi connectivity index (χ1v) is 8.96. The van der Waals surface area contributed by atoms with Crippen LogP contribution in [0.5, 0.6) is 17.2 Å². The molecule has 9 heteroatoms. The number of carbonyl (C=O) groups excluding carboxylic acids is 2. The Balaban J connectivity index is 1.74. The van der Waals surface area contributed by atoms with E-state index in [0.717, 1.165) is 0 Å². The zero-order valence-electron chi connectivity index (χ0n) is 16.1. The topological polar surface area (TPSA) is 113 Å². The molecular weight excluding hydrogens is 394 g/mol. The number of amides is 1. The maximum atomic E-state index is 12.8. The minimum absolute atomic E-state index is 0.0574. The number of methoxy groups -OCH3 is 2. The van der Waals surface area contributed by atoms with Gasteiger partial charge in [0.25, 0.3) is 5.91 Å². The predicted octanol–water partition coefficient (Wildman–Crippen LogP) is 2.61. The van der Waals surface area contributed by atoms with Crippen LogP contribution in [0.25, 0.3) is 11.0 Å². The van der Waals surface area contributed by atoms with Gasteiger partial charge in [0.1, 0.15) is 18.8 Å². The molecular formula is C21H17NO8. The Morgan fingerprint density at radius 3 is 2.43 bits per heavy atom. The van der Waals surface area contributed by atoms with Crippen molar-refractivity contribution in [3.8, 4) is 17.2 Å². The lowest BCUT2D eigenvalue weighted by Gasteiger charge is -2.20. The van der Waals surface area contributed by atoms with Crippen LogP contribution in [0.4, 0.5) is 5.69 Å². The molecule has 0 spiro atoms. The van der Waals surface area contributed by atoms with Crippen molar-refractivity contribution < 1.29 is 33.0 Å². The number of benzene rings is 2. The van der Waals surface area contributed by atoms with Crippen LogP contribution in [0, 0.1) is 0 Å². The van der Waals surface area contributed by atoms with Crippen LogP contribution in [-0.4, -0.2) is 39.3 Å². The second-order valence-electron chi connectivity index (χ2n) is 6.31. The zero-order valence-corrected chi connectivity index (χ0v) is 16.1. The van der Waals surface area contributed by atoms with Gasteiger partial charge in [-0.15, -0.1) is 0 Å². The average molecular weight is 411 g/mol. The van der Waals surface area contributed by atoms with Gasteiger partial charge < -0.3 is 28.7 Å². The molecule has 0 aliphatic carbocycles. The summed E-state index contributed by atoms with van der Waals surface area (Å²) in [6.07, 6.45) is 0. The summed E-state index contributed by atoms with van der Waals surface area (Å²) in [6, 6.07) is 9.30. The summed E-state index contributed by atoms with van der Waals surface area (Å²) in [5, 5.41) is 3.07. The molecule has 1 aromatic heterocycles. The highest BCUT2D eigenvalue weighted by Crippen LogP contribution is 2.36.